The van der Waals surface area contributed by atoms with E-state index in [2.05, 4.69) is 0 Å². The van der Waals surface area contributed by atoms with E-state index in [1.807, 2.05) is 0 Å². The van der Waals surface area contributed by atoms with Crippen molar-refractivity contribution in [3.63, 3.8) is 0 Å². The van der Waals surface area contributed by atoms with Gasteiger partial charge in [0.15, 0.2) is 59.0 Å². The molecule has 0 unspecified atom stereocenters. The molecule has 0 saturated carbocycles. The molecule has 0 N–H and O–H groups in total. The fourth-order valence-corrected chi connectivity index (χ4v) is 12.9. The first-order valence-corrected chi connectivity index (χ1v) is 16.8. The third kappa shape index (κ3) is 9.11. The van der Waals surface area contributed by atoms with E-state index in [4.69, 9.17) is 0 Å². The van der Waals surface area contributed by atoms with Gasteiger partial charge in [-0.15, -0.1) is 0 Å². The molecule has 0 amide bonds. The molecule has 12 nitrogen and oxygen atoms in total. The van der Waals surface area contributed by atoms with Gasteiger partial charge in [-0.25, -0.2) is 0 Å². The van der Waals surface area contributed by atoms with Gasteiger partial charge in [0, 0.05) is 0 Å². The second kappa shape index (κ2) is 12.8. The van der Waals surface area contributed by atoms with Crippen molar-refractivity contribution in [2.24, 2.45) is 0 Å². The van der Waals surface area contributed by atoms with Crippen molar-refractivity contribution >= 4 is 59.0 Å². The normalized spacial score (nSPS) is 15.7. The van der Waals surface area contributed by atoms with Gasteiger partial charge in [0.25, 0.3) is 0 Å². The van der Waals surface area contributed by atoms with Crippen LogP contribution in [0.1, 0.15) is 0 Å². The van der Waals surface area contributed by atoms with Crippen LogP contribution in [0.15, 0.2) is 0 Å². The van der Waals surface area contributed by atoms with Crippen LogP contribution in [0.4, 0.5) is 79.0 Å². The minimum absolute atomic E-state index is 0. The Kier molecular flexibility index (Phi) is 13.7. The zero-order valence-corrected chi connectivity index (χ0v) is 24.5. The van der Waals surface area contributed by atoms with Crippen molar-refractivity contribution in [3.8, 4) is 0 Å². The number of rotatable bonds is 6. The first-order valence-electron chi connectivity index (χ1n) is 7.85. The fourth-order valence-electron chi connectivity index (χ4n) is 1.43. The minimum Gasteiger partial charge on any atom is -0.251 e. The van der Waals surface area contributed by atoms with Gasteiger partial charge in [-0.2, -0.15) is 79.0 Å². The molecule has 0 bridgehead atoms. The van der Waals surface area contributed by atoms with E-state index in [1.54, 1.807) is 0 Å². The molecule has 0 heterocycles. The molecule has 0 saturated heterocycles. The molecule has 0 aromatic heterocycles. The molecule has 0 fully saturated rings. The monoisotopic (exact) mass is 878 g/mol. The number of sulfone groups is 6. The smallest absolute Gasteiger partial charge is 0.251 e. The van der Waals surface area contributed by atoms with Crippen LogP contribution in [0.2, 0.25) is 0 Å². The van der Waals surface area contributed by atoms with Gasteiger partial charge < -0.3 is 0 Å². The SMILES string of the molecule is O=S(=O)([C-](S(=O)(=O)C(F)(F)F)S(=O)(=O)C(F)(F)F)C(F)(F)F.O=S(=O)([C-](S(=O)(=O)C(F)(F)F)S(=O)(=O)C(F)(F)F)C(F)(F)F.[Fe+2]. The van der Waals surface area contributed by atoms with Gasteiger partial charge in [0.2, 0.25) is 0 Å². The van der Waals surface area contributed by atoms with Crippen LogP contribution < -0.4 is 0 Å². The summed E-state index contributed by atoms with van der Waals surface area (Å²) in [6.07, 6.45) is 0. The molecule has 0 aliphatic carbocycles. The molecule has 0 aliphatic rings. The molecule has 0 radical (unpaired) electrons. The van der Waals surface area contributed by atoms with Crippen molar-refractivity contribution < 1.29 is 147 Å². The van der Waals surface area contributed by atoms with E-state index in [0.29, 0.717) is 0 Å². The molecule has 0 aromatic carbocycles. The van der Waals surface area contributed by atoms with Crippen LogP contribution in [-0.2, 0) is 76.1 Å². The predicted molar refractivity (Wildman–Crippen MR) is 96.3 cm³/mol. The van der Waals surface area contributed by atoms with E-state index in [-0.39, 0.29) is 17.1 Å². The first kappa shape index (κ1) is 48.4. The number of hydrogen-bond donors (Lipinski definition) is 0. The Morgan fingerprint density at radius 2 is 0.311 bits per heavy atom. The molecule has 0 atom stereocenters. The summed E-state index contributed by atoms with van der Waals surface area (Å²) in [5, 5.41) is 0. The van der Waals surface area contributed by atoms with Crippen LogP contribution in [0, 0.1) is 7.83 Å². The van der Waals surface area contributed by atoms with Crippen molar-refractivity contribution in [3.05, 3.63) is 7.83 Å². The van der Waals surface area contributed by atoms with Gasteiger partial charge >= 0.3 is 50.1 Å². The number of alkyl halides is 18. The fraction of sp³-hybridized carbons (Fsp3) is 0.750. The Bertz CT molecular complexity index is 1390. The molecular formula is C8F18FeO12S6. The molecule has 45 heavy (non-hydrogen) atoms. The third-order valence-electron chi connectivity index (χ3n) is 3.14. The summed E-state index contributed by atoms with van der Waals surface area (Å²) in [7, 11) is -48.1. The van der Waals surface area contributed by atoms with Crippen LogP contribution >= 0.6 is 0 Å². The van der Waals surface area contributed by atoms with Gasteiger partial charge in [-0.1, -0.05) is 0 Å². The zero-order valence-electron chi connectivity index (χ0n) is 18.5. The van der Waals surface area contributed by atoms with E-state index in [9.17, 15) is 130 Å². The summed E-state index contributed by atoms with van der Waals surface area (Å²) in [5.74, 6) is 0. The van der Waals surface area contributed by atoms with Gasteiger partial charge in [-0.3, -0.25) is 50.5 Å². The first-order chi connectivity index (χ1) is 18.2. The van der Waals surface area contributed by atoms with Gasteiger partial charge in [0.05, 0.1) is 7.83 Å². The van der Waals surface area contributed by atoms with Gasteiger partial charge in [0.1, 0.15) is 0 Å². The second-order valence-corrected chi connectivity index (χ2v) is 19.0. The quantitative estimate of drug-likeness (QED) is 0.215. The van der Waals surface area contributed by atoms with Crippen LogP contribution in [0.3, 0.4) is 0 Å². The topological polar surface area (TPSA) is 205 Å². The van der Waals surface area contributed by atoms with Crippen molar-refractivity contribution in [1.29, 1.82) is 0 Å². The summed E-state index contributed by atoms with van der Waals surface area (Å²) in [6, 6.07) is 0. The number of hydrogen-bond acceptors (Lipinski definition) is 12. The Balaban J connectivity index is -0.000000767. The van der Waals surface area contributed by atoms with E-state index >= 15 is 0 Å². The number of halogens is 18. The molecule has 0 aromatic rings. The van der Waals surface area contributed by atoms with Crippen LogP contribution in [0.5, 0.6) is 0 Å². The van der Waals surface area contributed by atoms with Crippen LogP contribution in [0.25, 0.3) is 0 Å². The maximum absolute atomic E-state index is 12.0. The summed E-state index contributed by atoms with van der Waals surface area (Å²) in [6.45, 7) is 0. The zero-order chi connectivity index (χ0) is 37.2. The summed E-state index contributed by atoms with van der Waals surface area (Å²) in [4.78, 5) is 0. The van der Waals surface area contributed by atoms with Crippen molar-refractivity contribution in [2.75, 3.05) is 0 Å². The Morgan fingerprint density at radius 3 is 0.356 bits per heavy atom. The largest absolute Gasteiger partial charge is 2.00 e. The van der Waals surface area contributed by atoms with Crippen LogP contribution in [-0.4, -0.2) is 83.6 Å². The maximum Gasteiger partial charge on any atom is 2.00 e. The summed E-state index contributed by atoms with van der Waals surface area (Å²) < 4.78 is 335. The molecule has 274 valence electrons. The average Bonchev–Trinajstić information content (AvgIpc) is 2.61. The molecule has 0 aliphatic heterocycles. The van der Waals surface area contributed by atoms with E-state index in [0.717, 1.165) is 0 Å². The molecule has 0 spiro atoms. The van der Waals surface area contributed by atoms with E-state index < -0.39 is 99.9 Å². The third-order valence-corrected chi connectivity index (χ3v) is 17.3. The molecule has 0 rings (SSSR count). The van der Waals surface area contributed by atoms with Crippen molar-refractivity contribution in [1.82, 2.24) is 0 Å². The minimum atomic E-state index is -8.02. The molecule has 37 heteroatoms. The standard InChI is InChI=1S/2C4F9O6S3.Fe/c2*5-2(6,7)20(14,15)1(21(16,17)3(8,9)10)22(18,19)4(11,12)13;/q2*-1;+2. The molecular weight excluding hydrogens is 878 g/mol. The Labute approximate surface area is 246 Å². The Hall–Kier alpha value is -1.04. The predicted octanol–water partition coefficient (Wildman–Crippen LogP) is 2.47. The Morgan fingerprint density at radius 1 is 0.244 bits per heavy atom. The summed E-state index contributed by atoms with van der Waals surface area (Å²) in [5.41, 5.74) is -42.3. The second-order valence-electron chi connectivity index (χ2n) is 6.20. The summed E-state index contributed by atoms with van der Waals surface area (Å²) >= 11 is 0. The average molecular weight is 878 g/mol. The maximum atomic E-state index is 12.0. The van der Waals surface area contributed by atoms with Crippen molar-refractivity contribution in [2.45, 2.75) is 33.0 Å². The van der Waals surface area contributed by atoms with E-state index in [1.165, 1.54) is 0 Å². The van der Waals surface area contributed by atoms with Gasteiger partial charge in [-0.05, 0) is 0 Å².